The quantitative estimate of drug-likeness (QED) is 0.735. The van der Waals surface area contributed by atoms with Crippen molar-refractivity contribution in [2.24, 2.45) is 5.41 Å². The van der Waals surface area contributed by atoms with Crippen LogP contribution in [-0.2, 0) is 0 Å². The Kier molecular flexibility index (Phi) is 6.71. The van der Waals surface area contributed by atoms with E-state index in [4.69, 9.17) is 0 Å². The SMILES string of the molecule is CCCNC(CN(C)C(C)(C)CC)C(C)(C)C. The van der Waals surface area contributed by atoms with Gasteiger partial charge in [-0.15, -0.1) is 0 Å². The van der Waals surface area contributed by atoms with Crippen LogP contribution in [0.2, 0.25) is 0 Å². The maximum absolute atomic E-state index is 3.69. The molecule has 0 saturated heterocycles. The van der Waals surface area contributed by atoms with Crippen LogP contribution in [-0.4, -0.2) is 36.6 Å². The van der Waals surface area contributed by atoms with Gasteiger partial charge in [0.25, 0.3) is 0 Å². The van der Waals surface area contributed by atoms with Crippen molar-refractivity contribution in [1.82, 2.24) is 10.2 Å². The Balaban J connectivity index is 4.53. The highest BCUT2D eigenvalue weighted by molar-refractivity contribution is 4.87. The normalized spacial score (nSPS) is 15.4. The first-order chi connectivity index (χ1) is 7.65. The fraction of sp³-hybridized carbons (Fsp3) is 1.00. The summed E-state index contributed by atoms with van der Waals surface area (Å²) in [6.07, 6.45) is 2.39. The third-order valence-electron chi connectivity index (χ3n) is 4.04. The Morgan fingerprint density at radius 2 is 1.59 bits per heavy atom. The van der Waals surface area contributed by atoms with Gasteiger partial charge in [-0.05, 0) is 45.7 Å². The second kappa shape index (κ2) is 6.75. The summed E-state index contributed by atoms with van der Waals surface area (Å²) in [5.41, 5.74) is 0.602. The van der Waals surface area contributed by atoms with Crippen LogP contribution in [0.25, 0.3) is 0 Å². The standard InChI is InChI=1S/C15H34N2/c1-9-11-16-13(14(3,4)5)12-17(8)15(6,7)10-2/h13,16H,9-12H2,1-8H3. The Bertz CT molecular complexity index is 203. The van der Waals surface area contributed by atoms with Crippen molar-refractivity contribution in [2.75, 3.05) is 20.1 Å². The van der Waals surface area contributed by atoms with Gasteiger partial charge in [0.05, 0.1) is 0 Å². The average molecular weight is 242 g/mol. The zero-order valence-electron chi connectivity index (χ0n) is 13.4. The first-order valence-corrected chi connectivity index (χ1v) is 7.09. The topological polar surface area (TPSA) is 15.3 Å². The molecule has 2 heteroatoms. The monoisotopic (exact) mass is 242 g/mol. The van der Waals surface area contributed by atoms with Crippen LogP contribution < -0.4 is 5.32 Å². The second-order valence-corrected chi connectivity index (χ2v) is 6.92. The van der Waals surface area contributed by atoms with E-state index in [2.05, 4.69) is 65.7 Å². The van der Waals surface area contributed by atoms with Gasteiger partial charge in [0.1, 0.15) is 0 Å². The molecule has 0 radical (unpaired) electrons. The van der Waals surface area contributed by atoms with Gasteiger partial charge in [-0.25, -0.2) is 0 Å². The van der Waals surface area contributed by atoms with E-state index in [9.17, 15) is 0 Å². The van der Waals surface area contributed by atoms with Crippen molar-refractivity contribution in [3.8, 4) is 0 Å². The maximum Gasteiger partial charge on any atom is 0.0243 e. The van der Waals surface area contributed by atoms with Crippen molar-refractivity contribution in [2.45, 2.75) is 72.9 Å². The van der Waals surface area contributed by atoms with Crippen LogP contribution in [0.15, 0.2) is 0 Å². The van der Waals surface area contributed by atoms with E-state index in [1.54, 1.807) is 0 Å². The Morgan fingerprint density at radius 3 is 1.94 bits per heavy atom. The molecule has 0 bridgehead atoms. The highest BCUT2D eigenvalue weighted by Crippen LogP contribution is 2.23. The summed E-state index contributed by atoms with van der Waals surface area (Å²) in [5, 5.41) is 3.69. The minimum absolute atomic E-state index is 0.289. The van der Waals surface area contributed by atoms with Crippen LogP contribution in [0.3, 0.4) is 0 Å². The van der Waals surface area contributed by atoms with E-state index in [1.807, 2.05) is 0 Å². The fourth-order valence-corrected chi connectivity index (χ4v) is 1.75. The Morgan fingerprint density at radius 1 is 1.06 bits per heavy atom. The van der Waals surface area contributed by atoms with E-state index < -0.39 is 0 Å². The van der Waals surface area contributed by atoms with E-state index >= 15 is 0 Å². The molecule has 0 aromatic rings. The smallest absolute Gasteiger partial charge is 0.0243 e. The van der Waals surface area contributed by atoms with Gasteiger partial charge in [-0.2, -0.15) is 0 Å². The lowest BCUT2D eigenvalue weighted by Crippen LogP contribution is -2.52. The molecule has 104 valence electrons. The fourth-order valence-electron chi connectivity index (χ4n) is 1.75. The molecule has 17 heavy (non-hydrogen) atoms. The number of nitrogens with one attached hydrogen (secondary N) is 1. The van der Waals surface area contributed by atoms with E-state index in [1.165, 1.54) is 12.8 Å². The first-order valence-electron chi connectivity index (χ1n) is 7.09. The van der Waals surface area contributed by atoms with Crippen LogP contribution in [0.5, 0.6) is 0 Å². The molecule has 0 fully saturated rings. The lowest BCUT2D eigenvalue weighted by Gasteiger charge is -2.41. The van der Waals surface area contributed by atoms with Crippen molar-refractivity contribution < 1.29 is 0 Å². The summed E-state index contributed by atoms with van der Waals surface area (Å²) in [7, 11) is 2.25. The predicted molar refractivity (Wildman–Crippen MR) is 78.5 cm³/mol. The minimum atomic E-state index is 0.289. The van der Waals surface area contributed by atoms with Crippen molar-refractivity contribution in [3.05, 3.63) is 0 Å². The molecule has 0 aliphatic rings. The average Bonchev–Trinajstić information content (AvgIpc) is 2.22. The van der Waals surface area contributed by atoms with Gasteiger partial charge in [0.15, 0.2) is 0 Å². The zero-order chi connectivity index (χ0) is 13.7. The summed E-state index contributed by atoms with van der Waals surface area (Å²) in [4.78, 5) is 2.49. The molecule has 0 rings (SSSR count). The molecule has 0 aliphatic carbocycles. The molecule has 0 aromatic carbocycles. The molecule has 1 N–H and O–H groups in total. The Labute approximate surface area is 109 Å². The molecule has 0 saturated carbocycles. The molecular formula is C15H34N2. The highest BCUT2D eigenvalue weighted by Gasteiger charge is 2.29. The third kappa shape index (κ3) is 5.87. The van der Waals surface area contributed by atoms with Gasteiger partial charge in [-0.3, -0.25) is 4.90 Å². The molecule has 2 nitrogen and oxygen atoms in total. The van der Waals surface area contributed by atoms with Crippen molar-refractivity contribution in [1.29, 1.82) is 0 Å². The Hall–Kier alpha value is -0.0800. The molecule has 0 aliphatic heterocycles. The predicted octanol–water partition coefficient (Wildman–Crippen LogP) is 3.52. The summed E-state index contributed by atoms with van der Waals surface area (Å²) in [6, 6.07) is 0.554. The molecular weight excluding hydrogens is 208 g/mol. The molecule has 1 unspecified atom stereocenters. The van der Waals surface area contributed by atoms with Gasteiger partial charge >= 0.3 is 0 Å². The van der Waals surface area contributed by atoms with Gasteiger partial charge in [-0.1, -0.05) is 34.6 Å². The van der Waals surface area contributed by atoms with Gasteiger partial charge in [0, 0.05) is 18.1 Å². The summed E-state index contributed by atoms with van der Waals surface area (Å²) >= 11 is 0. The van der Waals surface area contributed by atoms with Crippen LogP contribution in [0.1, 0.15) is 61.3 Å². The van der Waals surface area contributed by atoms with Crippen molar-refractivity contribution >= 4 is 0 Å². The summed E-state index contributed by atoms with van der Waals surface area (Å²) in [6.45, 7) is 18.4. The highest BCUT2D eigenvalue weighted by atomic mass is 15.2. The van der Waals surface area contributed by atoms with Gasteiger partial charge in [0.2, 0.25) is 0 Å². The number of hydrogen-bond acceptors (Lipinski definition) is 2. The molecule has 0 amide bonds. The van der Waals surface area contributed by atoms with E-state index in [0.29, 0.717) is 11.5 Å². The van der Waals surface area contributed by atoms with E-state index in [-0.39, 0.29) is 5.54 Å². The zero-order valence-corrected chi connectivity index (χ0v) is 13.4. The first kappa shape index (κ1) is 16.9. The molecule has 1 atom stereocenters. The number of nitrogens with zero attached hydrogens (tertiary/aromatic N) is 1. The van der Waals surface area contributed by atoms with E-state index in [0.717, 1.165) is 13.1 Å². The third-order valence-corrected chi connectivity index (χ3v) is 4.04. The van der Waals surface area contributed by atoms with Gasteiger partial charge < -0.3 is 5.32 Å². The van der Waals surface area contributed by atoms with Crippen LogP contribution in [0.4, 0.5) is 0 Å². The maximum atomic E-state index is 3.69. The number of rotatable bonds is 7. The molecule has 0 aromatic heterocycles. The molecule has 0 spiro atoms. The van der Waals surface area contributed by atoms with Crippen LogP contribution in [0, 0.1) is 5.41 Å². The lowest BCUT2D eigenvalue weighted by atomic mass is 9.85. The second-order valence-electron chi connectivity index (χ2n) is 6.92. The number of likely N-dealkylation sites (N-methyl/N-ethyl adjacent to an activating group) is 1. The minimum Gasteiger partial charge on any atom is -0.312 e. The largest absolute Gasteiger partial charge is 0.312 e. The summed E-state index contributed by atoms with van der Waals surface area (Å²) < 4.78 is 0. The van der Waals surface area contributed by atoms with Crippen molar-refractivity contribution in [3.63, 3.8) is 0 Å². The van der Waals surface area contributed by atoms with Crippen LogP contribution >= 0.6 is 0 Å². The summed E-state index contributed by atoms with van der Waals surface area (Å²) in [5.74, 6) is 0. The number of hydrogen-bond donors (Lipinski definition) is 1. The lowest BCUT2D eigenvalue weighted by molar-refractivity contribution is 0.105. The molecule has 0 heterocycles.